The molecule has 0 fully saturated rings. The number of amides is 1. The number of ether oxygens (including phenoxy) is 1. The van der Waals surface area contributed by atoms with Crippen LogP contribution < -0.4 is 10.1 Å². The molecule has 1 atom stereocenters. The maximum Gasteiger partial charge on any atom is 0.416 e. The molecular formula is C24H21F3N2O2. The van der Waals surface area contributed by atoms with Gasteiger partial charge in [0.25, 0.3) is 0 Å². The van der Waals surface area contributed by atoms with E-state index < -0.39 is 11.7 Å². The van der Waals surface area contributed by atoms with Gasteiger partial charge in [-0.3, -0.25) is 9.78 Å². The molecular weight excluding hydrogens is 405 g/mol. The third-order valence-corrected chi connectivity index (χ3v) is 4.48. The molecule has 0 bridgehead atoms. The Balaban J connectivity index is 1.51. The second-order valence-electron chi connectivity index (χ2n) is 6.88. The number of nitrogens with one attached hydrogen (secondary N) is 1. The molecule has 3 rings (SSSR count). The maximum atomic E-state index is 12.6. The van der Waals surface area contributed by atoms with Crippen molar-refractivity contribution in [2.75, 3.05) is 0 Å². The summed E-state index contributed by atoms with van der Waals surface area (Å²) in [6.45, 7) is 2.22. The highest BCUT2D eigenvalue weighted by Crippen LogP contribution is 2.29. The minimum Gasteiger partial charge on any atom is -0.487 e. The molecule has 7 heteroatoms. The Morgan fingerprint density at radius 1 is 1.06 bits per heavy atom. The third-order valence-electron chi connectivity index (χ3n) is 4.48. The zero-order valence-corrected chi connectivity index (χ0v) is 16.8. The van der Waals surface area contributed by atoms with Crippen LogP contribution in [0.4, 0.5) is 13.2 Å². The zero-order valence-electron chi connectivity index (χ0n) is 16.8. The number of hydrogen-bond donors (Lipinski definition) is 1. The molecule has 160 valence electrons. The van der Waals surface area contributed by atoms with E-state index in [4.69, 9.17) is 4.74 Å². The van der Waals surface area contributed by atoms with Gasteiger partial charge in [-0.05, 0) is 48.4 Å². The predicted octanol–water partition coefficient (Wildman–Crippen LogP) is 5.57. The molecule has 1 heterocycles. The molecule has 1 unspecified atom stereocenters. The van der Waals surface area contributed by atoms with Crippen molar-refractivity contribution >= 4 is 12.0 Å². The van der Waals surface area contributed by atoms with Crippen molar-refractivity contribution in [1.29, 1.82) is 0 Å². The van der Waals surface area contributed by atoms with Gasteiger partial charge in [-0.2, -0.15) is 13.2 Å². The van der Waals surface area contributed by atoms with Crippen LogP contribution in [0.2, 0.25) is 0 Å². The summed E-state index contributed by atoms with van der Waals surface area (Å²) in [6.07, 6.45) is -0.0598. The Bertz CT molecular complexity index is 1020. The van der Waals surface area contributed by atoms with E-state index in [1.54, 1.807) is 25.3 Å². The highest BCUT2D eigenvalue weighted by molar-refractivity contribution is 5.91. The van der Waals surface area contributed by atoms with E-state index in [0.29, 0.717) is 23.6 Å². The number of carbonyl (C=O) groups excluding carboxylic acids is 1. The van der Waals surface area contributed by atoms with Crippen molar-refractivity contribution in [3.63, 3.8) is 0 Å². The zero-order chi connectivity index (χ0) is 22.3. The van der Waals surface area contributed by atoms with Crippen molar-refractivity contribution in [1.82, 2.24) is 10.3 Å². The lowest BCUT2D eigenvalue weighted by molar-refractivity contribution is -0.137. The Morgan fingerprint density at radius 2 is 1.77 bits per heavy atom. The Hall–Kier alpha value is -3.61. The number of pyridine rings is 1. The largest absolute Gasteiger partial charge is 0.487 e. The lowest BCUT2D eigenvalue weighted by Crippen LogP contribution is -2.25. The SMILES string of the molecule is CC(NC(=O)/C=C/c1ccc(C(F)(F)F)cc1)c1ccc(OCc2ccccc2)cn1. The van der Waals surface area contributed by atoms with Crippen molar-refractivity contribution in [3.8, 4) is 5.75 Å². The normalized spacial score (nSPS) is 12.5. The molecule has 3 aromatic rings. The van der Waals surface area contributed by atoms with Gasteiger partial charge in [0, 0.05) is 6.08 Å². The van der Waals surface area contributed by atoms with Crippen LogP contribution in [0.25, 0.3) is 6.08 Å². The number of nitrogens with zero attached hydrogens (tertiary/aromatic N) is 1. The summed E-state index contributed by atoms with van der Waals surface area (Å²) in [5.74, 6) is 0.243. The first-order valence-corrected chi connectivity index (χ1v) is 9.60. The van der Waals surface area contributed by atoms with Crippen molar-refractivity contribution < 1.29 is 22.7 Å². The Labute approximate surface area is 178 Å². The Morgan fingerprint density at radius 3 is 2.39 bits per heavy atom. The maximum absolute atomic E-state index is 12.6. The lowest BCUT2D eigenvalue weighted by atomic mass is 10.1. The average molecular weight is 426 g/mol. The van der Waals surface area contributed by atoms with Crippen molar-refractivity contribution in [2.24, 2.45) is 0 Å². The topological polar surface area (TPSA) is 51.2 Å². The van der Waals surface area contributed by atoms with Crippen molar-refractivity contribution in [2.45, 2.75) is 25.7 Å². The Kier molecular flexibility index (Phi) is 7.07. The van der Waals surface area contributed by atoms with Gasteiger partial charge in [-0.1, -0.05) is 42.5 Å². The van der Waals surface area contributed by atoms with E-state index in [2.05, 4.69) is 10.3 Å². The van der Waals surface area contributed by atoms with Gasteiger partial charge in [0.1, 0.15) is 12.4 Å². The fourth-order valence-electron chi connectivity index (χ4n) is 2.76. The van der Waals surface area contributed by atoms with Crippen LogP contribution in [0.5, 0.6) is 5.75 Å². The minimum atomic E-state index is -4.38. The average Bonchev–Trinajstić information content (AvgIpc) is 2.77. The van der Waals surface area contributed by atoms with Crippen LogP contribution in [-0.4, -0.2) is 10.9 Å². The van der Waals surface area contributed by atoms with E-state index in [-0.39, 0.29) is 11.9 Å². The highest BCUT2D eigenvalue weighted by atomic mass is 19.4. The number of benzene rings is 2. The molecule has 31 heavy (non-hydrogen) atoms. The molecule has 0 spiro atoms. The monoisotopic (exact) mass is 426 g/mol. The molecule has 0 aliphatic rings. The van der Waals surface area contributed by atoms with Gasteiger partial charge in [-0.15, -0.1) is 0 Å². The number of alkyl halides is 3. The quantitative estimate of drug-likeness (QED) is 0.503. The molecule has 1 amide bonds. The number of hydrogen-bond acceptors (Lipinski definition) is 3. The van der Waals surface area contributed by atoms with E-state index in [9.17, 15) is 18.0 Å². The van der Waals surface area contributed by atoms with Crippen molar-refractivity contribution in [3.05, 3.63) is 101 Å². The molecule has 0 saturated carbocycles. The van der Waals surface area contributed by atoms with Gasteiger partial charge >= 0.3 is 6.18 Å². The van der Waals surface area contributed by atoms with Gasteiger partial charge in [0.15, 0.2) is 0 Å². The summed E-state index contributed by atoms with van der Waals surface area (Å²) >= 11 is 0. The van der Waals surface area contributed by atoms with Crippen LogP contribution in [-0.2, 0) is 17.6 Å². The third kappa shape index (κ3) is 6.70. The van der Waals surface area contributed by atoms with Crippen LogP contribution in [0, 0.1) is 0 Å². The molecule has 2 aromatic carbocycles. The van der Waals surface area contributed by atoms with E-state index in [0.717, 1.165) is 17.7 Å². The minimum absolute atomic E-state index is 0.354. The van der Waals surface area contributed by atoms with Crippen LogP contribution >= 0.6 is 0 Å². The van der Waals surface area contributed by atoms with Crippen LogP contribution in [0.15, 0.2) is 79.0 Å². The number of aromatic nitrogens is 1. The van der Waals surface area contributed by atoms with Gasteiger partial charge in [0.05, 0.1) is 23.5 Å². The second-order valence-corrected chi connectivity index (χ2v) is 6.88. The predicted molar refractivity (Wildman–Crippen MR) is 112 cm³/mol. The van der Waals surface area contributed by atoms with Crippen LogP contribution in [0.1, 0.15) is 35.3 Å². The van der Waals surface area contributed by atoms with Gasteiger partial charge in [0.2, 0.25) is 5.91 Å². The molecule has 0 aliphatic carbocycles. The first-order chi connectivity index (χ1) is 14.8. The summed E-state index contributed by atoms with van der Waals surface area (Å²) in [6, 6.07) is 17.5. The first-order valence-electron chi connectivity index (χ1n) is 9.60. The fraction of sp³-hybridized carbons (Fsp3) is 0.167. The summed E-state index contributed by atoms with van der Waals surface area (Å²) in [5.41, 5.74) is 1.47. The molecule has 4 nitrogen and oxygen atoms in total. The van der Waals surface area contributed by atoms with Gasteiger partial charge in [-0.25, -0.2) is 0 Å². The first kappa shape index (κ1) is 22.1. The summed E-state index contributed by atoms with van der Waals surface area (Å²) < 4.78 is 43.5. The highest BCUT2D eigenvalue weighted by Gasteiger charge is 2.29. The number of halogens is 3. The molecule has 0 radical (unpaired) electrons. The molecule has 1 aromatic heterocycles. The number of rotatable bonds is 7. The summed E-state index contributed by atoms with van der Waals surface area (Å²) in [5, 5.41) is 2.77. The second kappa shape index (κ2) is 9.93. The van der Waals surface area contributed by atoms with Crippen LogP contribution in [0.3, 0.4) is 0 Å². The summed E-state index contributed by atoms with van der Waals surface area (Å²) in [7, 11) is 0. The summed E-state index contributed by atoms with van der Waals surface area (Å²) in [4.78, 5) is 16.4. The molecule has 1 N–H and O–H groups in total. The molecule has 0 aliphatic heterocycles. The molecule has 0 saturated heterocycles. The standard InChI is InChI=1S/C24H21F3N2O2/c1-17(22-13-12-21(15-28-22)31-16-19-5-3-2-4-6-19)29-23(30)14-9-18-7-10-20(11-8-18)24(25,26)27/h2-15,17H,16H2,1H3,(H,29,30)/b14-9+. The number of carbonyl (C=O) groups is 1. The van der Waals surface area contributed by atoms with E-state index in [1.165, 1.54) is 24.3 Å². The van der Waals surface area contributed by atoms with E-state index >= 15 is 0 Å². The smallest absolute Gasteiger partial charge is 0.416 e. The van der Waals surface area contributed by atoms with E-state index in [1.807, 2.05) is 30.3 Å². The fourth-order valence-corrected chi connectivity index (χ4v) is 2.76. The van der Waals surface area contributed by atoms with Gasteiger partial charge < -0.3 is 10.1 Å². The lowest BCUT2D eigenvalue weighted by Gasteiger charge is -2.13.